The number of phenolic OH excluding ortho intramolecular Hbond substituents is 2. The van der Waals surface area contributed by atoms with Gasteiger partial charge in [0.1, 0.15) is 11.5 Å². The molecule has 4 heteroatoms. The van der Waals surface area contributed by atoms with Crippen LogP contribution in [-0.4, -0.2) is 36.4 Å². The molecule has 2 rings (SSSR count). The van der Waals surface area contributed by atoms with Crippen LogP contribution in [0, 0.1) is 0 Å². The van der Waals surface area contributed by atoms with Gasteiger partial charge in [-0.05, 0) is 133 Å². The number of benzene rings is 2. The Bertz CT molecular complexity index is 1100. The van der Waals surface area contributed by atoms with Gasteiger partial charge in [0, 0.05) is 0 Å². The first-order chi connectivity index (χ1) is 23.2. The maximum atomic E-state index is 11.0. The average molecular weight is 693 g/mol. The maximum absolute atomic E-state index is 11.0. The molecule has 0 spiro atoms. The number of phenols is 2. The van der Waals surface area contributed by atoms with Crippen molar-refractivity contribution in [1.82, 2.24) is 10.6 Å². The summed E-state index contributed by atoms with van der Waals surface area (Å²) in [4.78, 5) is 0. The first kappa shape index (κ1) is 44.1. The van der Waals surface area contributed by atoms with Gasteiger partial charge in [-0.3, -0.25) is 0 Å². The summed E-state index contributed by atoms with van der Waals surface area (Å²) in [6, 6.07) is 8.99. The number of aryl methyl sites for hydroxylation is 2. The van der Waals surface area contributed by atoms with E-state index < -0.39 is 0 Å². The molecule has 2 aromatic rings. The van der Waals surface area contributed by atoms with E-state index in [1.165, 1.54) is 88.2 Å². The predicted molar refractivity (Wildman–Crippen MR) is 220 cm³/mol. The van der Waals surface area contributed by atoms with Crippen LogP contribution in [0.25, 0.3) is 0 Å². The van der Waals surface area contributed by atoms with Crippen molar-refractivity contribution in [3.63, 3.8) is 0 Å². The van der Waals surface area contributed by atoms with E-state index in [1.54, 1.807) is 0 Å². The van der Waals surface area contributed by atoms with E-state index in [9.17, 15) is 10.2 Å². The molecule has 0 heterocycles. The summed E-state index contributed by atoms with van der Waals surface area (Å²) in [5, 5.41) is 29.3. The van der Waals surface area contributed by atoms with E-state index in [0.717, 1.165) is 61.3 Å². The summed E-state index contributed by atoms with van der Waals surface area (Å²) in [5.41, 5.74) is 6.83. The standard InChI is InChI=1S/C46H80N2O2/c1-43(2,3)37-31-35(32-38(41(37)49)44(4,5)6)25-19-15-13-17-21-27-47-29-23-24-30-48-28-22-18-14-16-20-26-36-33-39(45(7,8)9)42(50)40(34-36)46(10,11)12/h31-34,47-50H,13-30H2,1-12H3. The molecular weight excluding hydrogens is 613 g/mol. The van der Waals surface area contributed by atoms with Crippen LogP contribution in [0.3, 0.4) is 0 Å². The molecule has 0 aliphatic carbocycles. The summed E-state index contributed by atoms with van der Waals surface area (Å²) in [7, 11) is 0. The smallest absolute Gasteiger partial charge is 0.123 e. The van der Waals surface area contributed by atoms with Gasteiger partial charge >= 0.3 is 0 Å². The van der Waals surface area contributed by atoms with Crippen LogP contribution in [0.1, 0.15) is 194 Å². The van der Waals surface area contributed by atoms with Crippen molar-refractivity contribution in [2.75, 3.05) is 26.2 Å². The Morgan fingerprint density at radius 2 is 0.580 bits per heavy atom. The lowest BCUT2D eigenvalue weighted by atomic mass is 9.78. The number of aromatic hydroxyl groups is 2. The highest BCUT2D eigenvalue weighted by Gasteiger charge is 2.27. The molecule has 0 fully saturated rings. The van der Waals surface area contributed by atoms with Crippen molar-refractivity contribution < 1.29 is 10.2 Å². The second-order valence-corrected chi connectivity index (χ2v) is 19.3. The van der Waals surface area contributed by atoms with Gasteiger partial charge in [-0.1, -0.05) is 146 Å². The summed E-state index contributed by atoms with van der Waals surface area (Å²) >= 11 is 0. The van der Waals surface area contributed by atoms with Crippen LogP contribution < -0.4 is 10.6 Å². The molecule has 0 aromatic heterocycles. The molecule has 0 amide bonds. The van der Waals surface area contributed by atoms with Gasteiger partial charge in [-0.15, -0.1) is 0 Å². The number of hydrogen-bond acceptors (Lipinski definition) is 4. The zero-order chi connectivity index (χ0) is 37.6. The van der Waals surface area contributed by atoms with Crippen molar-refractivity contribution in [3.05, 3.63) is 57.6 Å². The van der Waals surface area contributed by atoms with Gasteiger partial charge in [-0.2, -0.15) is 0 Å². The molecule has 4 nitrogen and oxygen atoms in total. The molecule has 4 N–H and O–H groups in total. The van der Waals surface area contributed by atoms with Crippen LogP contribution in [0.2, 0.25) is 0 Å². The number of nitrogens with one attached hydrogen (secondary N) is 2. The van der Waals surface area contributed by atoms with E-state index in [4.69, 9.17) is 0 Å². The summed E-state index contributed by atoms with van der Waals surface area (Å²) in [5.74, 6) is 0.978. The first-order valence-corrected chi connectivity index (χ1v) is 20.4. The van der Waals surface area contributed by atoms with Crippen molar-refractivity contribution in [3.8, 4) is 11.5 Å². The highest BCUT2D eigenvalue weighted by atomic mass is 16.3. The quantitative estimate of drug-likeness (QED) is 0.0983. The Morgan fingerprint density at radius 3 is 0.840 bits per heavy atom. The Hall–Kier alpha value is -2.04. The molecule has 0 saturated heterocycles. The van der Waals surface area contributed by atoms with Gasteiger partial charge in [0.05, 0.1) is 0 Å². The normalized spacial score (nSPS) is 13.0. The number of hydrogen-bond donors (Lipinski definition) is 4. The fourth-order valence-electron chi connectivity index (χ4n) is 6.93. The van der Waals surface area contributed by atoms with Crippen LogP contribution in [0.15, 0.2) is 24.3 Å². The van der Waals surface area contributed by atoms with Gasteiger partial charge in [-0.25, -0.2) is 0 Å². The highest BCUT2D eigenvalue weighted by Crippen LogP contribution is 2.41. The van der Waals surface area contributed by atoms with Gasteiger partial charge in [0.2, 0.25) is 0 Å². The molecule has 0 unspecified atom stereocenters. The molecule has 0 radical (unpaired) electrons. The van der Waals surface area contributed by atoms with Gasteiger partial charge in [0.15, 0.2) is 0 Å². The molecule has 0 aliphatic rings. The third-order valence-corrected chi connectivity index (χ3v) is 10.2. The fourth-order valence-corrected chi connectivity index (χ4v) is 6.93. The molecule has 0 atom stereocenters. The SMILES string of the molecule is CC(C)(C)c1cc(CCCCCCCNCCCCNCCCCCCCc2cc(C(C)(C)C)c(O)c(C(C)(C)C)c2)cc(C(C)(C)C)c1O. The second kappa shape index (κ2) is 20.3. The minimum Gasteiger partial charge on any atom is -0.507 e. The van der Waals surface area contributed by atoms with Gasteiger partial charge < -0.3 is 20.8 Å². The van der Waals surface area contributed by atoms with Crippen molar-refractivity contribution >= 4 is 0 Å². The number of unbranched alkanes of at least 4 members (excludes halogenated alkanes) is 9. The molecule has 0 saturated carbocycles. The second-order valence-electron chi connectivity index (χ2n) is 19.3. The molecule has 0 bridgehead atoms. The van der Waals surface area contributed by atoms with E-state index in [-0.39, 0.29) is 21.7 Å². The topological polar surface area (TPSA) is 64.5 Å². The summed E-state index contributed by atoms with van der Waals surface area (Å²) < 4.78 is 0. The Kier molecular flexibility index (Phi) is 17.9. The Balaban J connectivity index is 1.46. The highest BCUT2D eigenvalue weighted by molar-refractivity contribution is 5.51. The van der Waals surface area contributed by atoms with E-state index >= 15 is 0 Å². The minimum atomic E-state index is -0.0588. The predicted octanol–water partition coefficient (Wildman–Crippen LogP) is 11.9. The molecule has 0 aliphatic heterocycles. The van der Waals surface area contributed by atoms with E-state index in [1.807, 2.05) is 0 Å². The van der Waals surface area contributed by atoms with Crippen molar-refractivity contribution in [2.24, 2.45) is 0 Å². The van der Waals surface area contributed by atoms with Gasteiger partial charge in [0.25, 0.3) is 0 Å². The lowest BCUT2D eigenvalue weighted by Crippen LogP contribution is -2.20. The number of rotatable bonds is 21. The first-order valence-electron chi connectivity index (χ1n) is 20.4. The maximum Gasteiger partial charge on any atom is 0.123 e. The monoisotopic (exact) mass is 693 g/mol. The average Bonchev–Trinajstić information content (AvgIpc) is 2.99. The van der Waals surface area contributed by atoms with Crippen LogP contribution >= 0.6 is 0 Å². The summed E-state index contributed by atoms with van der Waals surface area (Å²) in [6.45, 7) is 30.9. The zero-order valence-electron chi connectivity index (χ0n) is 34.9. The molecule has 2 aromatic carbocycles. The lowest BCUT2D eigenvalue weighted by Gasteiger charge is -2.28. The zero-order valence-corrected chi connectivity index (χ0v) is 34.9. The largest absolute Gasteiger partial charge is 0.507 e. The van der Waals surface area contributed by atoms with E-state index in [0.29, 0.717) is 11.5 Å². The Morgan fingerprint density at radius 1 is 0.360 bits per heavy atom. The molecular formula is C46H80N2O2. The Labute approximate surface area is 310 Å². The fraction of sp³-hybridized carbons (Fsp3) is 0.739. The third-order valence-electron chi connectivity index (χ3n) is 10.2. The van der Waals surface area contributed by atoms with Crippen molar-refractivity contribution in [2.45, 2.75) is 195 Å². The minimum absolute atomic E-state index is 0.0588. The lowest BCUT2D eigenvalue weighted by molar-refractivity contribution is 0.421. The summed E-state index contributed by atoms with van der Waals surface area (Å²) in [6.07, 6.45) is 17.4. The van der Waals surface area contributed by atoms with Crippen LogP contribution in [-0.2, 0) is 34.5 Å². The van der Waals surface area contributed by atoms with Crippen LogP contribution in [0.5, 0.6) is 11.5 Å². The molecule has 286 valence electrons. The molecule has 50 heavy (non-hydrogen) atoms. The van der Waals surface area contributed by atoms with Crippen LogP contribution in [0.4, 0.5) is 0 Å². The van der Waals surface area contributed by atoms with Crippen molar-refractivity contribution in [1.29, 1.82) is 0 Å². The van der Waals surface area contributed by atoms with E-state index in [2.05, 4.69) is 118 Å². The third kappa shape index (κ3) is 15.7.